The zero-order valence-corrected chi connectivity index (χ0v) is 12.5. The maximum absolute atomic E-state index is 11.1. The van der Waals surface area contributed by atoms with Crippen LogP contribution in [0, 0.1) is 13.8 Å². The van der Waals surface area contributed by atoms with E-state index in [4.69, 9.17) is 4.74 Å². The van der Waals surface area contributed by atoms with Crippen LogP contribution in [-0.4, -0.2) is 12.9 Å². The maximum Gasteiger partial charge on any atom is 0.134 e. The molecule has 0 aromatic heterocycles. The Hall–Kier alpha value is -2.09. The largest absolute Gasteiger partial charge is 0.496 e. The van der Waals surface area contributed by atoms with Crippen LogP contribution in [0.3, 0.4) is 0 Å². The molecule has 0 radical (unpaired) electrons. The van der Waals surface area contributed by atoms with Crippen molar-refractivity contribution < 1.29 is 9.53 Å². The van der Waals surface area contributed by atoms with Crippen LogP contribution >= 0.6 is 0 Å². The van der Waals surface area contributed by atoms with E-state index in [1.54, 1.807) is 14.0 Å². The van der Waals surface area contributed by atoms with E-state index < -0.39 is 0 Å². The Bertz CT molecular complexity index is 625. The number of carbonyl (C=O) groups is 1. The number of ether oxygens (including phenoxy) is 1. The Balaban J connectivity index is 2.43. The third-order valence-electron chi connectivity index (χ3n) is 3.36. The molecule has 2 rings (SSSR count). The predicted octanol–water partition coefficient (Wildman–Crippen LogP) is 4.11. The van der Waals surface area contributed by atoms with Gasteiger partial charge in [-0.2, -0.15) is 0 Å². The second-order valence-electron chi connectivity index (χ2n) is 5.23. The monoisotopic (exact) mass is 268 g/mol. The summed E-state index contributed by atoms with van der Waals surface area (Å²) >= 11 is 0. The summed E-state index contributed by atoms with van der Waals surface area (Å²) in [4.78, 5) is 11.1. The van der Waals surface area contributed by atoms with E-state index >= 15 is 0 Å². The van der Waals surface area contributed by atoms with Crippen molar-refractivity contribution in [2.45, 2.75) is 27.2 Å². The van der Waals surface area contributed by atoms with Gasteiger partial charge in [0.2, 0.25) is 0 Å². The summed E-state index contributed by atoms with van der Waals surface area (Å²) in [5.41, 5.74) is 5.67. The lowest BCUT2D eigenvalue weighted by molar-refractivity contribution is -0.116. The number of rotatable bonds is 4. The predicted molar refractivity (Wildman–Crippen MR) is 82.3 cm³/mol. The van der Waals surface area contributed by atoms with E-state index in [1.807, 2.05) is 18.2 Å². The van der Waals surface area contributed by atoms with Crippen LogP contribution in [0.4, 0.5) is 0 Å². The van der Waals surface area contributed by atoms with Gasteiger partial charge in [-0.25, -0.2) is 0 Å². The summed E-state index contributed by atoms with van der Waals surface area (Å²) in [7, 11) is 1.70. The molecule has 20 heavy (non-hydrogen) atoms. The molecule has 2 aromatic rings. The minimum absolute atomic E-state index is 0.182. The molecule has 0 aliphatic carbocycles. The molecule has 0 bridgehead atoms. The Labute approximate surface area is 120 Å². The molecule has 0 saturated carbocycles. The van der Waals surface area contributed by atoms with Crippen LogP contribution in [-0.2, 0) is 11.2 Å². The van der Waals surface area contributed by atoms with Crippen LogP contribution in [0.15, 0.2) is 36.4 Å². The number of hydrogen-bond donors (Lipinski definition) is 0. The standard InChI is InChI=1S/C18H20O2/c1-12-9-13(2)18(17(10-12)20-4)16-7-5-15(6-8-16)11-14(3)19/h5-10H,11H2,1-4H3. The lowest BCUT2D eigenvalue weighted by atomic mass is 9.96. The van der Waals surface area contributed by atoms with Crippen LogP contribution in [0.2, 0.25) is 0 Å². The maximum atomic E-state index is 11.1. The lowest BCUT2D eigenvalue weighted by Crippen LogP contribution is -1.96. The second-order valence-corrected chi connectivity index (χ2v) is 5.23. The van der Waals surface area contributed by atoms with Gasteiger partial charge in [0, 0.05) is 12.0 Å². The lowest BCUT2D eigenvalue weighted by Gasteiger charge is -2.13. The van der Waals surface area contributed by atoms with Gasteiger partial charge in [-0.1, -0.05) is 30.3 Å². The second kappa shape index (κ2) is 5.91. The first-order valence-corrected chi connectivity index (χ1v) is 6.75. The van der Waals surface area contributed by atoms with Crippen LogP contribution in [0.1, 0.15) is 23.6 Å². The molecular weight excluding hydrogens is 248 g/mol. The first-order chi connectivity index (χ1) is 9.51. The zero-order chi connectivity index (χ0) is 14.7. The Kier molecular flexibility index (Phi) is 4.23. The van der Waals surface area contributed by atoms with Crippen LogP contribution in [0.5, 0.6) is 5.75 Å². The first-order valence-electron chi connectivity index (χ1n) is 6.75. The highest BCUT2D eigenvalue weighted by molar-refractivity contribution is 5.79. The van der Waals surface area contributed by atoms with Crippen molar-refractivity contribution in [2.24, 2.45) is 0 Å². The molecule has 0 aliphatic heterocycles. The van der Waals surface area contributed by atoms with Crippen molar-refractivity contribution in [2.75, 3.05) is 7.11 Å². The number of benzene rings is 2. The third-order valence-corrected chi connectivity index (χ3v) is 3.36. The van der Waals surface area contributed by atoms with Gasteiger partial charge in [0.1, 0.15) is 11.5 Å². The van der Waals surface area contributed by atoms with Gasteiger partial charge < -0.3 is 4.74 Å². The number of ketones is 1. The van der Waals surface area contributed by atoms with Crippen LogP contribution < -0.4 is 4.74 Å². The number of hydrogen-bond acceptors (Lipinski definition) is 2. The van der Waals surface area contributed by atoms with E-state index in [-0.39, 0.29) is 5.78 Å². The molecule has 0 spiro atoms. The van der Waals surface area contributed by atoms with Gasteiger partial charge in [-0.15, -0.1) is 0 Å². The van der Waals surface area contributed by atoms with E-state index in [0.717, 1.165) is 22.4 Å². The molecule has 0 atom stereocenters. The minimum Gasteiger partial charge on any atom is -0.496 e. The molecule has 0 saturated heterocycles. The molecule has 0 fully saturated rings. The number of methoxy groups -OCH3 is 1. The Morgan fingerprint density at radius 2 is 1.75 bits per heavy atom. The van der Waals surface area contributed by atoms with E-state index in [1.165, 1.54) is 11.1 Å². The van der Waals surface area contributed by atoms with E-state index in [2.05, 4.69) is 32.0 Å². The van der Waals surface area contributed by atoms with Crippen molar-refractivity contribution >= 4 is 5.78 Å². The van der Waals surface area contributed by atoms with Crippen molar-refractivity contribution in [1.82, 2.24) is 0 Å². The smallest absolute Gasteiger partial charge is 0.134 e. The van der Waals surface area contributed by atoms with Crippen molar-refractivity contribution in [3.05, 3.63) is 53.1 Å². The summed E-state index contributed by atoms with van der Waals surface area (Å²) in [6.45, 7) is 5.77. The zero-order valence-electron chi connectivity index (χ0n) is 12.5. The van der Waals surface area contributed by atoms with Crippen molar-refractivity contribution in [1.29, 1.82) is 0 Å². The molecule has 2 heteroatoms. The average Bonchev–Trinajstić information content (AvgIpc) is 2.38. The Morgan fingerprint density at radius 3 is 2.30 bits per heavy atom. The van der Waals surface area contributed by atoms with Crippen molar-refractivity contribution in [3.8, 4) is 16.9 Å². The fourth-order valence-corrected chi connectivity index (χ4v) is 2.54. The average molecular weight is 268 g/mol. The van der Waals surface area contributed by atoms with Crippen LogP contribution in [0.25, 0.3) is 11.1 Å². The molecule has 0 heterocycles. The van der Waals surface area contributed by atoms with Gasteiger partial charge in [0.05, 0.1) is 7.11 Å². The van der Waals surface area contributed by atoms with Gasteiger partial charge in [-0.3, -0.25) is 4.79 Å². The molecule has 2 aromatic carbocycles. The fraction of sp³-hybridized carbons (Fsp3) is 0.278. The quantitative estimate of drug-likeness (QED) is 0.834. The van der Waals surface area contributed by atoms with Gasteiger partial charge in [0.25, 0.3) is 0 Å². The first kappa shape index (κ1) is 14.3. The van der Waals surface area contributed by atoms with Gasteiger partial charge in [-0.05, 0) is 49.1 Å². The summed E-state index contributed by atoms with van der Waals surface area (Å²) < 4.78 is 5.50. The SMILES string of the molecule is COc1cc(C)cc(C)c1-c1ccc(CC(C)=O)cc1. The topological polar surface area (TPSA) is 26.3 Å². The molecule has 2 nitrogen and oxygen atoms in total. The molecular formula is C18H20O2. The van der Waals surface area contributed by atoms with E-state index in [0.29, 0.717) is 6.42 Å². The molecule has 0 amide bonds. The molecule has 0 aliphatic rings. The number of Topliss-reactive ketones (excluding diaryl/α,β-unsaturated/α-hetero) is 1. The summed E-state index contributed by atoms with van der Waals surface area (Å²) in [5, 5.41) is 0. The fourth-order valence-electron chi connectivity index (χ4n) is 2.54. The van der Waals surface area contributed by atoms with E-state index in [9.17, 15) is 4.79 Å². The molecule has 0 unspecified atom stereocenters. The normalized spacial score (nSPS) is 10.4. The highest BCUT2D eigenvalue weighted by Gasteiger charge is 2.10. The van der Waals surface area contributed by atoms with Gasteiger partial charge >= 0.3 is 0 Å². The summed E-state index contributed by atoms with van der Waals surface area (Å²) in [5.74, 6) is 1.07. The molecule has 0 N–H and O–H groups in total. The van der Waals surface area contributed by atoms with Crippen molar-refractivity contribution in [3.63, 3.8) is 0 Å². The highest BCUT2D eigenvalue weighted by atomic mass is 16.5. The molecule has 104 valence electrons. The third kappa shape index (κ3) is 3.08. The number of aryl methyl sites for hydroxylation is 2. The Morgan fingerprint density at radius 1 is 1.10 bits per heavy atom. The number of carbonyl (C=O) groups excluding carboxylic acids is 1. The summed E-state index contributed by atoms with van der Waals surface area (Å²) in [6.07, 6.45) is 0.490. The van der Waals surface area contributed by atoms with Gasteiger partial charge in [0.15, 0.2) is 0 Å². The summed E-state index contributed by atoms with van der Waals surface area (Å²) in [6, 6.07) is 12.3. The minimum atomic E-state index is 0.182. The highest BCUT2D eigenvalue weighted by Crippen LogP contribution is 2.34.